The number of ether oxygens (including phenoxy) is 1. The number of nitrogens with zero attached hydrogens (tertiary/aromatic N) is 3. The SMILES string of the molecule is CCCC(=O)c1cc2cc(-c3c(C)noc3C)c(OC)cc2n(Cc2ccccn2)c1=O. The highest BCUT2D eigenvalue weighted by atomic mass is 16.5. The number of pyridine rings is 2. The van der Waals surface area contributed by atoms with Crippen LogP contribution in [0, 0.1) is 13.8 Å². The second-order valence-electron chi connectivity index (χ2n) is 7.75. The number of rotatable bonds is 7. The third-order valence-electron chi connectivity index (χ3n) is 5.54. The Morgan fingerprint density at radius 3 is 2.62 bits per heavy atom. The lowest BCUT2D eigenvalue weighted by atomic mass is 9.98. The van der Waals surface area contributed by atoms with Crippen LogP contribution >= 0.6 is 0 Å². The van der Waals surface area contributed by atoms with Gasteiger partial charge in [0.05, 0.1) is 41.7 Å². The molecule has 1 aromatic carbocycles. The van der Waals surface area contributed by atoms with Gasteiger partial charge in [-0.25, -0.2) is 0 Å². The average molecular weight is 431 g/mol. The number of methoxy groups -OCH3 is 1. The highest BCUT2D eigenvalue weighted by Crippen LogP contribution is 2.37. The molecule has 3 heterocycles. The Morgan fingerprint density at radius 2 is 2.00 bits per heavy atom. The first-order valence-electron chi connectivity index (χ1n) is 10.6. The summed E-state index contributed by atoms with van der Waals surface area (Å²) < 4.78 is 12.6. The quantitative estimate of drug-likeness (QED) is 0.394. The number of aromatic nitrogens is 3. The highest BCUT2D eigenvalue weighted by molar-refractivity contribution is 6.00. The summed E-state index contributed by atoms with van der Waals surface area (Å²) >= 11 is 0. The average Bonchev–Trinajstić information content (AvgIpc) is 3.13. The summed E-state index contributed by atoms with van der Waals surface area (Å²) in [5.41, 5.74) is 3.63. The molecule has 0 bridgehead atoms. The van der Waals surface area contributed by atoms with Crippen LogP contribution in [-0.2, 0) is 6.54 Å². The fourth-order valence-corrected chi connectivity index (χ4v) is 4.01. The molecular formula is C25H25N3O4. The maximum atomic E-state index is 13.4. The number of hydrogen-bond acceptors (Lipinski definition) is 6. The number of carbonyl (C=O) groups excluding carboxylic acids is 1. The first kappa shape index (κ1) is 21.5. The van der Waals surface area contributed by atoms with E-state index in [4.69, 9.17) is 9.26 Å². The second-order valence-corrected chi connectivity index (χ2v) is 7.75. The van der Waals surface area contributed by atoms with E-state index in [0.29, 0.717) is 29.9 Å². The zero-order valence-corrected chi connectivity index (χ0v) is 18.6. The Bertz CT molecular complexity index is 1330. The van der Waals surface area contributed by atoms with E-state index in [1.807, 2.05) is 51.1 Å². The maximum Gasteiger partial charge on any atom is 0.262 e. The van der Waals surface area contributed by atoms with Crippen molar-refractivity contribution in [3.05, 3.63) is 75.7 Å². The topological polar surface area (TPSA) is 87.2 Å². The Morgan fingerprint density at radius 1 is 1.19 bits per heavy atom. The molecule has 164 valence electrons. The molecule has 0 unspecified atom stereocenters. The van der Waals surface area contributed by atoms with Gasteiger partial charge in [0.1, 0.15) is 11.5 Å². The first-order chi connectivity index (χ1) is 15.4. The van der Waals surface area contributed by atoms with Gasteiger partial charge in [-0.2, -0.15) is 0 Å². The number of ketones is 1. The number of fused-ring (bicyclic) bond motifs is 1. The molecule has 0 atom stereocenters. The summed E-state index contributed by atoms with van der Waals surface area (Å²) in [6, 6.07) is 11.0. The minimum absolute atomic E-state index is 0.163. The minimum atomic E-state index is -0.325. The number of carbonyl (C=O) groups is 1. The summed E-state index contributed by atoms with van der Waals surface area (Å²) in [5.74, 6) is 1.10. The molecule has 32 heavy (non-hydrogen) atoms. The van der Waals surface area contributed by atoms with Crippen LogP contribution in [0.25, 0.3) is 22.0 Å². The van der Waals surface area contributed by atoms with Gasteiger partial charge in [0.25, 0.3) is 5.56 Å². The second kappa shape index (κ2) is 8.78. The summed E-state index contributed by atoms with van der Waals surface area (Å²) in [6.45, 7) is 5.88. The monoisotopic (exact) mass is 431 g/mol. The summed E-state index contributed by atoms with van der Waals surface area (Å²) in [7, 11) is 1.59. The molecule has 0 aliphatic heterocycles. The van der Waals surface area contributed by atoms with Crippen molar-refractivity contribution in [1.29, 1.82) is 0 Å². The van der Waals surface area contributed by atoms with Gasteiger partial charge in [-0.1, -0.05) is 18.1 Å². The number of benzene rings is 1. The highest BCUT2D eigenvalue weighted by Gasteiger charge is 2.21. The molecule has 0 saturated carbocycles. The largest absolute Gasteiger partial charge is 0.496 e. The zero-order chi connectivity index (χ0) is 22.8. The smallest absolute Gasteiger partial charge is 0.262 e. The molecule has 0 amide bonds. The normalized spacial score (nSPS) is 11.1. The van der Waals surface area contributed by atoms with Crippen molar-refractivity contribution in [3.8, 4) is 16.9 Å². The van der Waals surface area contributed by atoms with E-state index in [9.17, 15) is 9.59 Å². The van der Waals surface area contributed by atoms with Crippen molar-refractivity contribution in [3.63, 3.8) is 0 Å². The van der Waals surface area contributed by atoms with E-state index >= 15 is 0 Å². The molecule has 0 saturated heterocycles. The Labute approximate surface area is 185 Å². The van der Waals surface area contributed by atoms with Crippen molar-refractivity contribution in [2.75, 3.05) is 7.11 Å². The van der Waals surface area contributed by atoms with Crippen LogP contribution in [0.2, 0.25) is 0 Å². The Balaban J connectivity index is 2.02. The predicted molar refractivity (Wildman–Crippen MR) is 122 cm³/mol. The van der Waals surface area contributed by atoms with Crippen LogP contribution in [-0.4, -0.2) is 27.6 Å². The van der Waals surface area contributed by atoms with E-state index < -0.39 is 0 Å². The molecule has 0 N–H and O–H groups in total. The first-order valence-corrected chi connectivity index (χ1v) is 10.6. The van der Waals surface area contributed by atoms with Gasteiger partial charge >= 0.3 is 0 Å². The fourth-order valence-electron chi connectivity index (χ4n) is 4.01. The number of aryl methyl sites for hydroxylation is 2. The summed E-state index contributed by atoms with van der Waals surface area (Å²) in [5, 5.41) is 4.82. The van der Waals surface area contributed by atoms with Crippen molar-refractivity contribution in [2.24, 2.45) is 0 Å². The van der Waals surface area contributed by atoms with Gasteiger partial charge < -0.3 is 13.8 Å². The predicted octanol–water partition coefficient (Wildman–Crippen LogP) is 4.71. The molecule has 0 radical (unpaired) electrons. The van der Waals surface area contributed by atoms with Crippen LogP contribution in [0.4, 0.5) is 0 Å². The standard InChI is InChI=1S/C25H25N3O4/c1-5-8-22(29)19-11-17-12-20(24-15(2)27-32-16(24)3)23(31-4)13-21(17)28(25(19)30)14-18-9-6-7-10-26-18/h6-7,9-13H,5,8,14H2,1-4H3. The van der Waals surface area contributed by atoms with E-state index in [-0.39, 0.29) is 23.5 Å². The van der Waals surface area contributed by atoms with E-state index in [0.717, 1.165) is 27.9 Å². The lowest BCUT2D eigenvalue weighted by Crippen LogP contribution is -2.27. The molecule has 7 nitrogen and oxygen atoms in total. The van der Waals surface area contributed by atoms with Gasteiger partial charge in [-0.05, 0) is 44.5 Å². The Hall–Kier alpha value is -3.74. The van der Waals surface area contributed by atoms with Crippen molar-refractivity contribution in [2.45, 2.75) is 40.2 Å². The van der Waals surface area contributed by atoms with Gasteiger partial charge in [-0.3, -0.25) is 14.6 Å². The van der Waals surface area contributed by atoms with E-state index in [2.05, 4.69) is 10.1 Å². The third-order valence-corrected chi connectivity index (χ3v) is 5.54. The maximum absolute atomic E-state index is 13.4. The molecule has 7 heteroatoms. The number of Topliss-reactive ketones (excluding diaryl/α,β-unsaturated/α-hetero) is 1. The van der Waals surface area contributed by atoms with Crippen LogP contribution < -0.4 is 10.3 Å². The van der Waals surface area contributed by atoms with Gasteiger partial charge in [-0.15, -0.1) is 0 Å². The van der Waals surface area contributed by atoms with Crippen LogP contribution in [0.1, 0.15) is 47.3 Å². The van der Waals surface area contributed by atoms with E-state index in [1.54, 1.807) is 23.9 Å². The molecule has 0 fully saturated rings. The molecule has 0 spiro atoms. The molecule has 4 aromatic rings. The minimum Gasteiger partial charge on any atom is -0.496 e. The van der Waals surface area contributed by atoms with Gasteiger partial charge in [0, 0.05) is 29.6 Å². The molecular weight excluding hydrogens is 406 g/mol. The number of hydrogen-bond donors (Lipinski definition) is 0. The van der Waals surface area contributed by atoms with Crippen molar-refractivity contribution in [1.82, 2.24) is 14.7 Å². The van der Waals surface area contributed by atoms with Crippen molar-refractivity contribution >= 4 is 16.7 Å². The zero-order valence-electron chi connectivity index (χ0n) is 18.6. The molecule has 4 rings (SSSR count). The third kappa shape index (κ3) is 3.82. The molecule has 0 aliphatic carbocycles. The fraction of sp³-hybridized carbons (Fsp3) is 0.280. The lowest BCUT2D eigenvalue weighted by molar-refractivity contribution is 0.0980. The van der Waals surface area contributed by atoms with Crippen LogP contribution in [0.3, 0.4) is 0 Å². The summed E-state index contributed by atoms with van der Waals surface area (Å²) in [6.07, 6.45) is 2.67. The summed E-state index contributed by atoms with van der Waals surface area (Å²) in [4.78, 5) is 30.5. The molecule has 3 aromatic heterocycles. The van der Waals surface area contributed by atoms with Gasteiger partial charge in [0.2, 0.25) is 0 Å². The lowest BCUT2D eigenvalue weighted by Gasteiger charge is -2.16. The van der Waals surface area contributed by atoms with Gasteiger partial charge in [0.15, 0.2) is 5.78 Å². The van der Waals surface area contributed by atoms with Crippen LogP contribution in [0.5, 0.6) is 5.75 Å². The van der Waals surface area contributed by atoms with Crippen molar-refractivity contribution < 1.29 is 14.1 Å². The Kier molecular flexibility index (Phi) is 5.90. The van der Waals surface area contributed by atoms with E-state index in [1.165, 1.54) is 0 Å². The molecule has 0 aliphatic rings. The van der Waals surface area contributed by atoms with Crippen LogP contribution in [0.15, 0.2) is 51.9 Å².